The number of nitrogens with one attached hydrogen (secondary N) is 2. The van der Waals surface area contributed by atoms with Crippen LogP contribution in [-0.2, 0) is 6.54 Å². The Balaban J connectivity index is 1.54. The zero-order chi connectivity index (χ0) is 17.3. The highest BCUT2D eigenvalue weighted by molar-refractivity contribution is 7.07. The van der Waals surface area contributed by atoms with E-state index < -0.39 is 0 Å². The van der Waals surface area contributed by atoms with Crippen molar-refractivity contribution in [3.05, 3.63) is 58.3 Å². The van der Waals surface area contributed by atoms with Gasteiger partial charge in [0, 0.05) is 13.1 Å². The Kier molecular flexibility index (Phi) is 6.89. The first-order valence-electron chi connectivity index (χ1n) is 9.15. The maximum atomic E-state index is 12.2. The van der Waals surface area contributed by atoms with E-state index in [1.807, 2.05) is 30.3 Å². The van der Waals surface area contributed by atoms with Crippen LogP contribution in [0.1, 0.15) is 42.9 Å². The molecule has 0 radical (unpaired) electrons. The van der Waals surface area contributed by atoms with Crippen molar-refractivity contribution >= 4 is 17.4 Å². The molecule has 25 heavy (non-hydrogen) atoms. The summed E-state index contributed by atoms with van der Waals surface area (Å²) in [6.07, 6.45) is 5.14. The SMILES string of the molecule is O=C(NCc1ccccc1)NCC(c1ccsc1)N1CCCCCC1. The minimum atomic E-state index is -0.0982. The minimum Gasteiger partial charge on any atom is -0.336 e. The lowest BCUT2D eigenvalue weighted by Crippen LogP contribution is -2.42. The van der Waals surface area contributed by atoms with Crippen LogP contribution in [0.5, 0.6) is 0 Å². The summed E-state index contributed by atoms with van der Waals surface area (Å²) >= 11 is 1.72. The topological polar surface area (TPSA) is 44.4 Å². The van der Waals surface area contributed by atoms with Crippen molar-refractivity contribution in [1.29, 1.82) is 0 Å². The van der Waals surface area contributed by atoms with E-state index in [9.17, 15) is 4.79 Å². The third kappa shape index (κ3) is 5.58. The summed E-state index contributed by atoms with van der Waals surface area (Å²) in [5, 5.41) is 10.3. The first-order valence-corrected chi connectivity index (χ1v) is 10.1. The molecule has 1 aliphatic heterocycles. The standard InChI is InChI=1S/C20H27N3OS/c24-20(21-14-17-8-4-3-5-9-17)22-15-19(18-10-13-25-16-18)23-11-6-1-2-7-12-23/h3-5,8-10,13,16,19H,1-2,6-7,11-12,14-15H2,(H2,21,22,24). The van der Waals surface area contributed by atoms with E-state index in [0.29, 0.717) is 13.1 Å². The van der Waals surface area contributed by atoms with Crippen LogP contribution in [0.25, 0.3) is 0 Å². The maximum Gasteiger partial charge on any atom is 0.315 e. The van der Waals surface area contributed by atoms with Gasteiger partial charge in [0.05, 0.1) is 6.04 Å². The molecule has 1 fully saturated rings. The van der Waals surface area contributed by atoms with E-state index >= 15 is 0 Å². The number of rotatable bonds is 6. The molecule has 1 unspecified atom stereocenters. The Morgan fingerprint density at radius 1 is 1.04 bits per heavy atom. The first-order chi connectivity index (χ1) is 12.3. The molecule has 3 rings (SSSR count). The van der Waals surface area contributed by atoms with E-state index in [1.165, 1.54) is 31.2 Å². The van der Waals surface area contributed by atoms with Crippen molar-refractivity contribution in [3.8, 4) is 0 Å². The second kappa shape index (κ2) is 9.59. The Bertz CT molecular complexity index is 622. The molecule has 1 aliphatic rings. The summed E-state index contributed by atoms with van der Waals surface area (Å²) in [6.45, 7) is 3.44. The van der Waals surface area contributed by atoms with Gasteiger partial charge >= 0.3 is 6.03 Å². The number of nitrogens with zero attached hydrogens (tertiary/aromatic N) is 1. The van der Waals surface area contributed by atoms with Crippen molar-refractivity contribution in [1.82, 2.24) is 15.5 Å². The van der Waals surface area contributed by atoms with Crippen LogP contribution in [0, 0.1) is 0 Å². The molecule has 2 amide bonds. The fraction of sp³-hybridized carbons (Fsp3) is 0.450. The van der Waals surface area contributed by atoms with Gasteiger partial charge in [-0.05, 0) is 53.9 Å². The van der Waals surface area contributed by atoms with Gasteiger partial charge in [-0.3, -0.25) is 4.90 Å². The van der Waals surface area contributed by atoms with Gasteiger partial charge in [-0.1, -0.05) is 43.2 Å². The number of carbonyl (C=O) groups is 1. The summed E-state index contributed by atoms with van der Waals surface area (Å²) < 4.78 is 0. The molecule has 1 atom stereocenters. The third-order valence-corrected chi connectivity index (χ3v) is 5.46. The molecular formula is C20H27N3OS. The van der Waals surface area contributed by atoms with E-state index in [1.54, 1.807) is 11.3 Å². The van der Waals surface area contributed by atoms with Gasteiger partial charge < -0.3 is 10.6 Å². The van der Waals surface area contributed by atoms with Gasteiger partial charge in [0.25, 0.3) is 0 Å². The average molecular weight is 358 g/mol. The zero-order valence-corrected chi connectivity index (χ0v) is 15.4. The fourth-order valence-electron chi connectivity index (χ4n) is 3.36. The molecular weight excluding hydrogens is 330 g/mol. The molecule has 2 heterocycles. The van der Waals surface area contributed by atoms with Crippen LogP contribution in [-0.4, -0.2) is 30.6 Å². The Hall–Kier alpha value is -1.85. The smallest absolute Gasteiger partial charge is 0.315 e. The highest BCUT2D eigenvalue weighted by Crippen LogP contribution is 2.25. The lowest BCUT2D eigenvalue weighted by Gasteiger charge is -2.30. The molecule has 1 aromatic heterocycles. The van der Waals surface area contributed by atoms with Crippen molar-refractivity contribution in [3.63, 3.8) is 0 Å². The van der Waals surface area contributed by atoms with Crippen LogP contribution in [0.3, 0.4) is 0 Å². The lowest BCUT2D eigenvalue weighted by molar-refractivity contribution is 0.196. The van der Waals surface area contributed by atoms with Gasteiger partial charge in [0.2, 0.25) is 0 Å². The van der Waals surface area contributed by atoms with Gasteiger partial charge in [-0.15, -0.1) is 0 Å². The minimum absolute atomic E-state index is 0.0982. The summed E-state index contributed by atoms with van der Waals surface area (Å²) in [5.41, 5.74) is 2.43. The molecule has 134 valence electrons. The van der Waals surface area contributed by atoms with Gasteiger partial charge in [0.1, 0.15) is 0 Å². The molecule has 5 heteroatoms. The van der Waals surface area contributed by atoms with Crippen LogP contribution >= 0.6 is 11.3 Å². The number of carbonyl (C=O) groups excluding carboxylic acids is 1. The number of urea groups is 1. The van der Waals surface area contributed by atoms with Gasteiger partial charge in [-0.2, -0.15) is 11.3 Å². The van der Waals surface area contributed by atoms with Gasteiger partial charge in [0.15, 0.2) is 0 Å². The normalized spacial score (nSPS) is 16.8. The summed E-state index contributed by atoms with van der Waals surface area (Å²) in [5.74, 6) is 0. The van der Waals surface area contributed by atoms with Crippen LogP contribution in [0.15, 0.2) is 47.2 Å². The molecule has 0 aliphatic carbocycles. The lowest BCUT2D eigenvalue weighted by atomic mass is 10.1. The number of benzene rings is 1. The zero-order valence-electron chi connectivity index (χ0n) is 14.6. The Labute approximate surface area is 154 Å². The van der Waals surface area contributed by atoms with E-state index in [-0.39, 0.29) is 12.1 Å². The monoisotopic (exact) mass is 357 g/mol. The maximum absolute atomic E-state index is 12.2. The Morgan fingerprint density at radius 3 is 2.48 bits per heavy atom. The molecule has 4 nitrogen and oxygen atoms in total. The summed E-state index contributed by atoms with van der Waals surface area (Å²) in [4.78, 5) is 14.7. The quantitative estimate of drug-likeness (QED) is 0.815. The summed E-state index contributed by atoms with van der Waals surface area (Å²) in [7, 11) is 0. The van der Waals surface area contributed by atoms with Crippen molar-refractivity contribution in [2.45, 2.75) is 38.3 Å². The van der Waals surface area contributed by atoms with Crippen LogP contribution in [0.4, 0.5) is 4.79 Å². The predicted octanol–water partition coefficient (Wildman–Crippen LogP) is 4.16. The van der Waals surface area contributed by atoms with Crippen molar-refractivity contribution in [2.24, 2.45) is 0 Å². The molecule has 2 aromatic rings. The van der Waals surface area contributed by atoms with E-state index in [0.717, 1.165) is 18.7 Å². The molecule has 0 bridgehead atoms. The number of thiophene rings is 1. The van der Waals surface area contributed by atoms with Gasteiger partial charge in [-0.25, -0.2) is 4.79 Å². The molecule has 0 saturated carbocycles. The van der Waals surface area contributed by atoms with Crippen molar-refractivity contribution in [2.75, 3.05) is 19.6 Å². The number of likely N-dealkylation sites (tertiary alicyclic amines) is 1. The number of hydrogen-bond donors (Lipinski definition) is 2. The summed E-state index contributed by atoms with van der Waals surface area (Å²) in [6, 6.07) is 12.4. The highest BCUT2D eigenvalue weighted by Gasteiger charge is 2.22. The fourth-order valence-corrected chi connectivity index (χ4v) is 4.07. The molecule has 1 saturated heterocycles. The predicted molar refractivity (Wildman–Crippen MR) is 104 cm³/mol. The molecule has 0 spiro atoms. The highest BCUT2D eigenvalue weighted by atomic mass is 32.1. The van der Waals surface area contributed by atoms with Crippen LogP contribution < -0.4 is 10.6 Å². The second-order valence-electron chi connectivity index (χ2n) is 6.57. The second-order valence-corrected chi connectivity index (χ2v) is 7.35. The van der Waals surface area contributed by atoms with Crippen LogP contribution in [0.2, 0.25) is 0 Å². The average Bonchev–Trinajstić information content (AvgIpc) is 3.04. The third-order valence-electron chi connectivity index (χ3n) is 4.76. The van der Waals surface area contributed by atoms with E-state index in [2.05, 4.69) is 32.4 Å². The first kappa shape index (κ1) is 18.0. The molecule has 2 N–H and O–H groups in total. The van der Waals surface area contributed by atoms with E-state index in [4.69, 9.17) is 0 Å². The number of amides is 2. The molecule has 1 aromatic carbocycles. The largest absolute Gasteiger partial charge is 0.336 e. The number of hydrogen-bond acceptors (Lipinski definition) is 3. The van der Waals surface area contributed by atoms with Crippen molar-refractivity contribution < 1.29 is 4.79 Å². The Morgan fingerprint density at radius 2 is 1.80 bits per heavy atom.